The number of carbonyl (C=O) groups excluding carboxylic acids is 1. The number of ether oxygens (including phenoxy) is 2. The quantitative estimate of drug-likeness (QED) is 0.594. The number of thioether (sulfide) groups is 1. The third-order valence-corrected chi connectivity index (χ3v) is 4.63. The minimum absolute atomic E-state index is 0.114. The van der Waals surface area contributed by atoms with E-state index in [1.807, 2.05) is 48.5 Å². The average Bonchev–Trinajstić information content (AvgIpc) is 3.19. The molecule has 0 spiro atoms. The predicted octanol–water partition coefficient (Wildman–Crippen LogP) is 2.09. The predicted molar refractivity (Wildman–Crippen MR) is 101 cm³/mol. The van der Waals surface area contributed by atoms with Gasteiger partial charge in [0, 0.05) is 6.54 Å². The van der Waals surface area contributed by atoms with Crippen LogP contribution >= 0.6 is 11.8 Å². The summed E-state index contributed by atoms with van der Waals surface area (Å²) in [6.45, 7) is 0.425. The van der Waals surface area contributed by atoms with Crippen LogP contribution in [0.25, 0.3) is 5.69 Å². The zero-order valence-corrected chi connectivity index (χ0v) is 15.8. The largest absolute Gasteiger partial charge is 0.497 e. The van der Waals surface area contributed by atoms with E-state index < -0.39 is 0 Å². The number of aromatic nitrogens is 4. The smallest absolute Gasteiger partial charge is 0.230 e. The number of nitrogens with one attached hydrogen (secondary N) is 1. The lowest BCUT2D eigenvalue weighted by Gasteiger charge is -2.09. The molecule has 0 bridgehead atoms. The lowest BCUT2D eigenvalue weighted by Crippen LogP contribution is -2.24. The molecule has 0 saturated carbocycles. The van der Waals surface area contributed by atoms with Crippen molar-refractivity contribution in [3.05, 3.63) is 54.1 Å². The highest BCUT2D eigenvalue weighted by atomic mass is 32.2. The molecule has 1 N–H and O–H groups in total. The van der Waals surface area contributed by atoms with E-state index in [1.54, 1.807) is 18.9 Å². The van der Waals surface area contributed by atoms with Gasteiger partial charge in [0.15, 0.2) is 0 Å². The van der Waals surface area contributed by atoms with Crippen LogP contribution in [0.1, 0.15) is 5.56 Å². The van der Waals surface area contributed by atoms with Crippen molar-refractivity contribution in [1.29, 1.82) is 0 Å². The molecule has 0 aliphatic carbocycles. The van der Waals surface area contributed by atoms with Gasteiger partial charge in [0.1, 0.15) is 17.2 Å². The molecule has 140 valence electrons. The van der Waals surface area contributed by atoms with Crippen molar-refractivity contribution in [3.63, 3.8) is 0 Å². The van der Waals surface area contributed by atoms with Crippen molar-refractivity contribution in [2.75, 3.05) is 20.0 Å². The molecule has 9 heteroatoms. The normalized spacial score (nSPS) is 10.4. The number of hydrogen-bond acceptors (Lipinski definition) is 7. The van der Waals surface area contributed by atoms with Crippen LogP contribution in [0.5, 0.6) is 11.5 Å². The van der Waals surface area contributed by atoms with Crippen LogP contribution in [-0.2, 0) is 11.3 Å². The monoisotopic (exact) mass is 385 g/mol. The Morgan fingerprint density at radius 3 is 2.81 bits per heavy atom. The average molecular weight is 385 g/mol. The molecule has 1 amide bonds. The summed E-state index contributed by atoms with van der Waals surface area (Å²) in [5.41, 5.74) is 1.68. The number of tetrazole rings is 1. The van der Waals surface area contributed by atoms with Gasteiger partial charge >= 0.3 is 0 Å². The fraction of sp³-hybridized carbons (Fsp3) is 0.222. The number of rotatable bonds is 8. The topological polar surface area (TPSA) is 91.2 Å². The molecule has 3 rings (SSSR count). The number of amides is 1. The summed E-state index contributed by atoms with van der Waals surface area (Å²) in [7, 11) is 3.20. The first-order chi connectivity index (χ1) is 13.2. The highest BCUT2D eigenvalue weighted by Gasteiger charge is 2.14. The van der Waals surface area contributed by atoms with Gasteiger partial charge in [-0.3, -0.25) is 4.79 Å². The molecular formula is C18H19N5O3S. The van der Waals surface area contributed by atoms with Gasteiger partial charge in [-0.15, -0.1) is 5.10 Å². The molecule has 0 aliphatic rings. The summed E-state index contributed by atoms with van der Waals surface area (Å²) in [6.07, 6.45) is 0. The van der Waals surface area contributed by atoms with Gasteiger partial charge in [-0.25, -0.2) is 0 Å². The van der Waals surface area contributed by atoms with E-state index in [2.05, 4.69) is 20.8 Å². The van der Waals surface area contributed by atoms with E-state index in [0.717, 1.165) is 11.3 Å². The second kappa shape index (κ2) is 9.04. The second-order valence-electron chi connectivity index (χ2n) is 5.46. The molecular weight excluding hydrogens is 366 g/mol. The van der Waals surface area contributed by atoms with Crippen LogP contribution in [-0.4, -0.2) is 46.1 Å². The highest BCUT2D eigenvalue weighted by molar-refractivity contribution is 7.99. The Morgan fingerprint density at radius 2 is 2.00 bits per heavy atom. The number of nitrogens with zero attached hydrogens (tertiary/aromatic N) is 4. The van der Waals surface area contributed by atoms with E-state index in [-0.39, 0.29) is 11.7 Å². The van der Waals surface area contributed by atoms with Crippen molar-refractivity contribution >= 4 is 17.7 Å². The molecule has 3 aromatic rings. The zero-order chi connectivity index (χ0) is 19.1. The van der Waals surface area contributed by atoms with Gasteiger partial charge in [-0.2, -0.15) is 4.68 Å². The number of benzene rings is 2. The van der Waals surface area contributed by atoms with E-state index in [4.69, 9.17) is 9.47 Å². The molecule has 8 nitrogen and oxygen atoms in total. The van der Waals surface area contributed by atoms with Gasteiger partial charge < -0.3 is 14.8 Å². The molecule has 0 saturated heterocycles. The zero-order valence-electron chi connectivity index (χ0n) is 15.0. The second-order valence-corrected chi connectivity index (χ2v) is 6.40. The molecule has 0 fully saturated rings. The Bertz CT molecular complexity index is 915. The van der Waals surface area contributed by atoms with Gasteiger partial charge in [0.25, 0.3) is 0 Å². The van der Waals surface area contributed by atoms with Crippen molar-refractivity contribution in [3.8, 4) is 17.2 Å². The van der Waals surface area contributed by atoms with Crippen LogP contribution in [0, 0.1) is 0 Å². The Kier molecular flexibility index (Phi) is 6.26. The van der Waals surface area contributed by atoms with Crippen LogP contribution in [0.2, 0.25) is 0 Å². The SMILES string of the molecule is COc1cccc(CNC(=O)CSc2nnnn2-c2ccccc2OC)c1. The molecule has 0 aliphatic heterocycles. The minimum Gasteiger partial charge on any atom is -0.497 e. The molecule has 0 unspecified atom stereocenters. The van der Waals surface area contributed by atoms with Gasteiger partial charge in [-0.05, 0) is 40.3 Å². The van der Waals surface area contributed by atoms with Crippen molar-refractivity contribution in [1.82, 2.24) is 25.5 Å². The lowest BCUT2D eigenvalue weighted by molar-refractivity contribution is -0.118. The lowest BCUT2D eigenvalue weighted by atomic mass is 10.2. The maximum Gasteiger partial charge on any atom is 0.230 e. The maximum absolute atomic E-state index is 12.2. The Balaban J connectivity index is 1.59. The molecule has 1 heterocycles. The van der Waals surface area contributed by atoms with E-state index in [0.29, 0.717) is 23.1 Å². The summed E-state index contributed by atoms with van der Waals surface area (Å²) < 4.78 is 12.1. The van der Waals surface area contributed by atoms with Gasteiger partial charge in [0.05, 0.1) is 20.0 Å². The van der Waals surface area contributed by atoms with Crippen molar-refractivity contribution in [2.24, 2.45) is 0 Å². The summed E-state index contributed by atoms with van der Waals surface area (Å²) in [4.78, 5) is 12.2. The molecule has 2 aromatic carbocycles. The standard InChI is InChI=1S/C18H19N5O3S/c1-25-14-7-5-6-13(10-14)11-19-17(24)12-27-18-20-21-22-23(18)15-8-3-4-9-16(15)26-2/h3-10H,11-12H2,1-2H3,(H,19,24). The summed E-state index contributed by atoms with van der Waals surface area (Å²) in [5.74, 6) is 1.48. The first-order valence-electron chi connectivity index (χ1n) is 8.15. The molecule has 0 atom stereocenters. The van der Waals surface area contributed by atoms with Gasteiger partial charge in [0.2, 0.25) is 11.1 Å². The molecule has 0 radical (unpaired) electrons. The Labute approximate surface area is 160 Å². The Morgan fingerprint density at radius 1 is 1.15 bits per heavy atom. The summed E-state index contributed by atoms with van der Waals surface area (Å²) >= 11 is 1.25. The number of carbonyl (C=O) groups is 1. The fourth-order valence-electron chi connectivity index (χ4n) is 2.39. The van der Waals surface area contributed by atoms with E-state index in [1.165, 1.54) is 11.8 Å². The first-order valence-corrected chi connectivity index (χ1v) is 9.14. The fourth-order valence-corrected chi connectivity index (χ4v) is 3.10. The molecule has 27 heavy (non-hydrogen) atoms. The number of para-hydroxylation sites is 2. The van der Waals surface area contributed by atoms with E-state index >= 15 is 0 Å². The molecule has 1 aromatic heterocycles. The highest BCUT2D eigenvalue weighted by Crippen LogP contribution is 2.25. The van der Waals surface area contributed by atoms with Crippen LogP contribution in [0.3, 0.4) is 0 Å². The van der Waals surface area contributed by atoms with Crippen LogP contribution < -0.4 is 14.8 Å². The third-order valence-electron chi connectivity index (χ3n) is 3.71. The number of hydrogen-bond donors (Lipinski definition) is 1. The van der Waals surface area contributed by atoms with Crippen LogP contribution in [0.15, 0.2) is 53.7 Å². The number of methoxy groups -OCH3 is 2. The van der Waals surface area contributed by atoms with E-state index in [9.17, 15) is 4.79 Å². The van der Waals surface area contributed by atoms with Crippen molar-refractivity contribution in [2.45, 2.75) is 11.7 Å². The summed E-state index contributed by atoms with van der Waals surface area (Å²) in [5, 5.41) is 15.1. The van der Waals surface area contributed by atoms with Crippen molar-refractivity contribution < 1.29 is 14.3 Å². The first kappa shape index (κ1) is 18.7. The maximum atomic E-state index is 12.2. The third kappa shape index (κ3) is 4.76. The van der Waals surface area contributed by atoms with Crippen LogP contribution in [0.4, 0.5) is 0 Å². The van der Waals surface area contributed by atoms with Gasteiger partial charge in [-0.1, -0.05) is 36.0 Å². The Hall–Kier alpha value is -3.07. The minimum atomic E-state index is -0.114. The summed E-state index contributed by atoms with van der Waals surface area (Å²) in [6, 6.07) is 15.0.